The van der Waals surface area contributed by atoms with E-state index in [-0.39, 0.29) is 5.92 Å². The molecule has 1 atom stereocenters. The van der Waals surface area contributed by atoms with Crippen molar-refractivity contribution in [3.05, 3.63) is 29.8 Å². The van der Waals surface area contributed by atoms with Gasteiger partial charge in [-0.05, 0) is 30.4 Å². The zero-order chi connectivity index (χ0) is 13.4. The zero-order valence-electron chi connectivity index (χ0n) is 11.7. The predicted molar refractivity (Wildman–Crippen MR) is 77.2 cm³/mol. The summed E-state index contributed by atoms with van der Waals surface area (Å²) in [5, 5.41) is 3.35. The summed E-state index contributed by atoms with van der Waals surface area (Å²) in [5.41, 5.74) is 2.29. The van der Waals surface area contributed by atoms with Crippen LogP contribution in [0.5, 0.6) is 0 Å². The number of hydrogen-bond donors (Lipinski definition) is 1. The van der Waals surface area contributed by atoms with Gasteiger partial charge in [-0.25, -0.2) is 0 Å². The molecule has 3 rings (SSSR count). The van der Waals surface area contributed by atoms with Crippen molar-refractivity contribution in [2.75, 3.05) is 18.4 Å². The van der Waals surface area contributed by atoms with E-state index in [1.165, 1.54) is 18.4 Å². The van der Waals surface area contributed by atoms with Gasteiger partial charge in [-0.1, -0.05) is 32.0 Å². The predicted octanol–water partition coefficient (Wildman–Crippen LogP) is 2.84. The van der Waals surface area contributed by atoms with Crippen molar-refractivity contribution >= 4 is 11.6 Å². The molecule has 1 aromatic carbocycles. The maximum Gasteiger partial charge on any atom is 0.232 e. The standard InChI is InChI=1S/C16H22N2O/c1-11(2)10-18(12-7-8-12)16(19)14-9-17-15-6-4-3-5-13(14)15/h3-6,11-12,14,17H,7-10H2,1-2H3. The molecule has 0 spiro atoms. The van der Waals surface area contributed by atoms with Crippen LogP contribution in [0.25, 0.3) is 0 Å². The lowest BCUT2D eigenvalue weighted by atomic mass is 9.99. The largest absolute Gasteiger partial charge is 0.384 e. The maximum absolute atomic E-state index is 12.8. The summed E-state index contributed by atoms with van der Waals surface area (Å²) >= 11 is 0. The Hall–Kier alpha value is -1.51. The zero-order valence-corrected chi connectivity index (χ0v) is 11.7. The van der Waals surface area contributed by atoms with Gasteiger partial charge in [0.1, 0.15) is 0 Å². The van der Waals surface area contributed by atoms with Crippen molar-refractivity contribution in [2.45, 2.75) is 38.6 Å². The van der Waals surface area contributed by atoms with Crippen LogP contribution in [0.1, 0.15) is 38.2 Å². The number of nitrogens with one attached hydrogen (secondary N) is 1. The average Bonchev–Trinajstić information content (AvgIpc) is 3.14. The molecule has 1 heterocycles. The molecule has 1 fully saturated rings. The molecule has 0 saturated heterocycles. The molecule has 1 amide bonds. The number of carbonyl (C=O) groups is 1. The number of hydrogen-bond acceptors (Lipinski definition) is 2. The Bertz CT molecular complexity index is 479. The molecular formula is C16H22N2O. The lowest BCUT2D eigenvalue weighted by molar-refractivity contribution is -0.133. The van der Waals surface area contributed by atoms with Gasteiger partial charge in [-0.15, -0.1) is 0 Å². The highest BCUT2D eigenvalue weighted by atomic mass is 16.2. The second-order valence-corrected chi connectivity index (χ2v) is 6.14. The first-order chi connectivity index (χ1) is 9.16. The van der Waals surface area contributed by atoms with Crippen LogP contribution in [-0.2, 0) is 4.79 Å². The van der Waals surface area contributed by atoms with Crippen LogP contribution in [0, 0.1) is 5.92 Å². The first kappa shape index (κ1) is 12.5. The Morgan fingerprint density at radius 2 is 2.11 bits per heavy atom. The van der Waals surface area contributed by atoms with Gasteiger partial charge in [0.2, 0.25) is 5.91 Å². The van der Waals surface area contributed by atoms with Gasteiger partial charge in [-0.3, -0.25) is 4.79 Å². The van der Waals surface area contributed by atoms with Crippen LogP contribution in [-0.4, -0.2) is 29.9 Å². The Kier molecular flexibility index (Phi) is 3.21. The van der Waals surface area contributed by atoms with Crippen molar-refractivity contribution in [1.82, 2.24) is 4.90 Å². The second kappa shape index (κ2) is 4.87. The summed E-state index contributed by atoms with van der Waals surface area (Å²) in [6, 6.07) is 8.69. The fraction of sp³-hybridized carbons (Fsp3) is 0.562. The smallest absolute Gasteiger partial charge is 0.232 e. The van der Waals surface area contributed by atoms with Crippen LogP contribution in [0.4, 0.5) is 5.69 Å². The van der Waals surface area contributed by atoms with Crippen LogP contribution >= 0.6 is 0 Å². The van der Waals surface area contributed by atoms with E-state index in [4.69, 9.17) is 0 Å². The summed E-state index contributed by atoms with van der Waals surface area (Å²) < 4.78 is 0. The second-order valence-electron chi connectivity index (χ2n) is 6.14. The molecule has 3 nitrogen and oxygen atoms in total. The third kappa shape index (κ3) is 2.46. The quantitative estimate of drug-likeness (QED) is 0.900. The van der Waals surface area contributed by atoms with Gasteiger partial charge in [0, 0.05) is 24.8 Å². The summed E-state index contributed by atoms with van der Waals surface area (Å²) in [7, 11) is 0. The van der Waals surface area contributed by atoms with Crippen molar-refractivity contribution in [2.24, 2.45) is 5.92 Å². The minimum absolute atomic E-state index is 0.00977. The summed E-state index contributed by atoms with van der Waals surface area (Å²) in [5.74, 6) is 0.860. The van der Waals surface area contributed by atoms with Crippen molar-refractivity contribution in [3.63, 3.8) is 0 Å². The van der Waals surface area contributed by atoms with Crippen LogP contribution in [0.2, 0.25) is 0 Å². The van der Waals surface area contributed by atoms with Crippen molar-refractivity contribution in [3.8, 4) is 0 Å². The highest BCUT2D eigenvalue weighted by molar-refractivity contribution is 5.88. The van der Waals surface area contributed by atoms with Gasteiger partial charge in [-0.2, -0.15) is 0 Å². The maximum atomic E-state index is 12.8. The number of nitrogens with zero attached hydrogens (tertiary/aromatic N) is 1. The van der Waals surface area contributed by atoms with E-state index in [0.29, 0.717) is 17.9 Å². The minimum Gasteiger partial charge on any atom is -0.384 e. The Morgan fingerprint density at radius 3 is 2.79 bits per heavy atom. The number of benzene rings is 1. The summed E-state index contributed by atoms with van der Waals surface area (Å²) in [4.78, 5) is 14.9. The van der Waals surface area contributed by atoms with Crippen LogP contribution < -0.4 is 5.32 Å². The number of para-hydroxylation sites is 1. The molecule has 1 aromatic rings. The Balaban J connectivity index is 1.80. The molecular weight excluding hydrogens is 236 g/mol. The third-order valence-corrected chi connectivity index (χ3v) is 3.96. The first-order valence-electron chi connectivity index (χ1n) is 7.30. The van der Waals surface area contributed by atoms with E-state index >= 15 is 0 Å². The van der Waals surface area contributed by atoms with E-state index in [0.717, 1.165) is 18.8 Å². The molecule has 0 aromatic heterocycles. The molecule has 3 heteroatoms. The van der Waals surface area contributed by atoms with Crippen LogP contribution in [0.3, 0.4) is 0 Å². The number of carbonyl (C=O) groups excluding carboxylic acids is 1. The molecule has 1 N–H and O–H groups in total. The molecule has 1 aliphatic carbocycles. The Morgan fingerprint density at radius 1 is 1.37 bits per heavy atom. The lowest BCUT2D eigenvalue weighted by Crippen LogP contribution is -2.39. The normalized spacial score (nSPS) is 21.1. The number of amides is 1. The van der Waals surface area contributed by atoms with E-state index in [9.17, 15) is 4.79 Å². The molecule has 0 radical (unpaired) electrons. The molecule has 1 saturated carbocycles. The molecule has 19 heavy (non-hydrogen) atoms. The molecule has 0 bridgehead atoms. The molecule has 1 aliphatic heterocycles. The monoisotopic (exact) mass is 258 g/mol. The third-order valence-electron chi connectivity index (χ3n) is 3.96. The highest BCUT2D eigenvalue weighted by Crippen LogP contribution is 2.36. The highest BCUT2D eigenvalue weighted by Gasteiger charge is 2.38. The SMILES string of the molecule is CC(C)CN(C(=O)C1CNc2ccccc21)C1CC1. The van der Waals surface area contributed by atoms with E-state index < -0.39 is 0 Å². The van der Waals surface area contributed by atoms with Crippen molar-refractivity contribution in [1.29, 1.82) is 0 Å². The van der Waals surface area contributed by atoms with E-state index in [1.54, 1.807) is 0 Å². The number of anilines is 1. The first-order valence-corrected chi connectivity index (χ1v) is 7.30. The fourth-order valence-electron chi connectivity index (χ4n) is 2.90. The number of rotatable bonds is 4. The van der Waals surface area contributed by atoms with Gasteiger partial charge < -0.3 is 10.2 Å². The van der Waals surface area contributed by atoms with Gasteiger partial charge in [0.25, 0.3) is 0 Å². The lowest BCUT2D eigenvalue weighted by Gasteiger charge is -2.27. The van der Waals surface area contributed by atoms with Gasteiger partial charge in [0.05, 0.1) is 5.92 Å². The van der Waals surface area contributed by atoms with E-state index in [2.05, 4.69) is 36.2 Å². The molecule has 102 valence electrons. The molecule has 2 aliphatic rings. The fourth-order valence-corrected chi connectivity index (χ4v) is 2.90. The van der Waals surface area contributed by atoms with Gasteiger partial charge in [0.15, 0.2) is 0 Å². The van der Waals surface area contributed by atoms with Gasteiger partial charge >= 0.3 is 0 Å². The minimum atomic E-state index is 0.00977. The average molecular weight is 258 g/mol. The van der Waals surface area contributed by atoms with Crippen molar-refractivity contribution < 1.29 is 4.79 Å². The summed E-state index contributed by atoms with van der Waals surface area (Å²) in [6.07, 6.45) is 2.36. The topological polar surface area (TPSA) is 32.3 Å². The van der Waals surface area contributed by atoms with E-state index in [1.807, 2.05) is 12.1 Å². The summed E-state index contributed by atoms with van der Waals surface area (Å²) in [6.45, 7) is 6.01. The number of fused-ring (bicyclic) bond motifs is 1. The Labute approximate surface area is 115 Å². The molecule has 1 unspecified atom stereocenters. The van der Waals surface area contributed by atoms with Crippen LogP contribution in [0.15, 0.2) is 24.3 Å².